The Morgan fingerprint density at radius 1 is 1.33 bits per heavy atom. The lowest BCUT2D eigenvalue weighted by atomic mass is 10.2. The molecule has 1 aromatic carbocycles. The van der Waals surface area contributed by atoms with Crippen LogP contribution < -0.4 is 5.32 Å². The Labute approximate surface area is 129 Å². The predicted molar refractivity (Wildman–Crippen MR) is 87.0 cm³/mol. The molecule has 1 heterocycles. The highest BCUT2D eigenvalue weighted by atomic mass is 32.1. The molecule has 21 heavy (non-hydrogen) atoms. The highest BCUT2D eigenvalue weighted by molar-refractivity contribution is 7.13. The summed E-state index contributed by atoms with van der Waals surface area (Å²) in [6.07, 6.45) is 0.778. The zero-order valence-corrected chi connectivity index (χ0v) is 13.5. The van der Waals surface area contributed by atoms with Crippen LogP contribution in [0, 0.1) is 6.92 Å². The Morgan fingerprint density at radius 3 is 2.71 bits per heavy atom. The van der Waals surface area contributed by atoms with Gasteiger partial charge in [-0.1, -0.05) is 30.3 Å². The van der Waals surface area contributed by atoms with Crippen molar-refractivity contribution in [2.24, 2.45) is 0 Å². The average Bonchev–Trinajstić information content (AvgIpc) is 2.85. The third-order valence-corrected chi connectivity index (χ3v) is 4.42. The van der Waals surface area contributed by atoms with Crippen LogP contribution >= 0.6 is 11.3 Å². The largest absolute Gasteiger partial charge is 0.340 e. The minimum absolute atomic E-state index is 0.0551. The monoisotopic (exact) mass is 303 g/mol. The number of aromatic nitrogens is 1. The average molecular weight is 303 g/mol. The molecule has 0 aliphatic rings. The van der Waals surface area contributed by atoms with Crippen LogP contribution in [0.25, 0.3) is 0 Å². The summed E-state index contributed by atoms with van der Waals surface area (Å²) in [5.41, 5.74) is 2.04. The van der Waals surface area contributed by atoms with Crippen LogP contribution in [0.2, 0.25) is 0 Å². The number of carbonyl (C=O) groups excluding carboxylic acids is 1. The van der Waals surface area contributed by atoms with Crippen molar-refractivity contribution in [1.29, 1.82) is 0 Å². The van der Waals surface area contributed by atoms with E-state index in [0.717, 1.165) is 28.5 Å². The Hall–Kier alpha value is -1.72. The van der Waals surface area contributed by atoms with Gasteiger partial charge in [0.15, 0.2) is 0 Å². The number of rotatable bonds is 6. The fourth-order valence-corrected chi connectivity index (χ4v) is 3.14. The van der Waals surface area contributed by atoms with E-state index in [1.165, 1.54) is 16.9 Å². The molecule has 2 aromatic rings. The van der Waals surface area contributed by atoms with Gasteiger partial charge in [-0.05, 0) is 19.5 Å². The molecule has 0 unspecified atom stereocenters. The first-order valence-corrected chi connectivity index (χ1v) is 7.83. The molecule has 4 nitrogen and oxygen atoms in total. The molecule has 0 saturated carbocycles. The minimum Gasteiger partial charge on any atom is -0.340 e. The molecule has 0 saturated heterocycles. The second kappa shape index (κ2) is 7.33. The third-order valence-electron chi connectivity index (χ3n) is 3.28. The molecule has 2 rings (SSSR count). The maximum Gasteiger partial charge on any atom is 0.265 e. The van der Waals surface area contributed by atoms with Crippen molar-refractivity contribution >= 4 is 17.2 Å². The van der Waals surface area contributed by atoms with Gasteiger partial charge in [0.1, 0.15) is 4.88 Å². The predicted octanol–water partition coefficient (Wildman–Crippen LogP) is 2.33. The van der Waals surface area contributed by atoms with Crippen LogP contribution in [0.4, 0.5) is 0 Å². The van der Waals surface area contributed by atoms with Crippen molar-refractivity contribution < 1.29 is 4.79 Å². The minimum atomic E-state index is 0.0551. The molecular formula is C16H21N3OS. The van der Waals surface area contributed by atoms with Crippen molar-refractivity contribution in [2.75, 3.05) is 27.2 Å². The number of nitrogens with one attached hydrogen (secondary N) is 1. The topological polar surface area (TPSA) is 45.2 Å². The number of thiazole rings is 1. The van der Waals surface area contributed by atoms with Crippen LogP contribution in [0.3, 0.4) is 0 Å². The summed E-state index contributed by atoms with van der Waals surface area (Å²) in [4.78, 5) is 19.4. The molecule has 0 aliphatic heterocycles. The van der Waals surface area contributed by atoms with E-state index in [4.69, 9.17) is 0 Å². The molecule has 0 radical (unpaired) electrons. The van der Waals surface area contributed by atoms with E-state index >= 15 is 0 Å². The fourth-order valence-electron chi connectivity index (χ4n) is 2.05. The van der Waals surface area contributed by atoms with Crippen molar-refractivity contribution in [2.45, 2.75) is 13.3 Å². The Balaban J connectivity index is 2.10. The van der Waals surface area contributed by atoms with Gasteiger partial charge < -0.3 is 10.2 Å². The van der Waals surface area contributed by atoms with E-state index in [1.807, 2.05) is 39.2 Å². The first-order valence-electron chi connectivity index (χ1n) is 7.02. The Bertz CT molecular complexity index is 595. The molecule has 0 aliphatic carbocycles. The van der Waals surface area contributed by atoms with E-state index < -0.39 is 0 Å². The van der Waals surface area contributed by atoms with Gasteiger partial charge in [0.2, 0.25) is 0 Å². The number of carbonyl (C=O) groups is 1. The van der Waals surface area contributed by atoms with Gasteiger partial charge in [0.05, 0.1) is 10.7 Å². The van der Waals surface area contributed by atoms with E-state index in [9.17, 15) is 4.79 Å². The molecule has 5 heteroatoms. The van der Waals surface area contributed by atoms with Gasteiger partial charge in [-0.3, -0.25) is 4.79 Å². The first-order chi connectivity index (χ1) is 10.1. The molecule has 0 spiro atoms. The maximum atomic E-state index is 12.4. The summed E-state index contributed by atoms with van der Waals surface area (Å²) in [6, 6.07) is 10.2. The number of amides is 1. The summed E-state index contributed by atoms with van der Waals surface area (Å²) in [6.45, 7) is 3.39. The second-order valence-corrected chi connectivity index (χ2v) is 6.10. The molecule has 0 atom stereocenters. The summed E-state index contributed by atoms with van der Waals surface area (Å²) in [5.74, 6) is 0.0551. The van der Waals surface area contributed by atoms with E-state index in [1.54, 1.807) is 4.90 Å². The summed E-state index contributed by atoms with van der Waals surface area (Å²) >= 11 is 1.50. The number of benzene rings is 1. The van der Waals surface area contributed by atoms with Crippen LogP contribution in [0.1, 0.15) is 25.9 Å². The van der Waals surface area contributed by atoms with Gasteiger partial charge in [0.25, 0.3) is 5.91 Å². The fraction of sp³-hybridized carbons (Fsp3) is 0.375. The van der Waals surface area contributed by atoms with Crippen molar-refractivity contribution in [3.8, 4) is 0 Å². The van der Waals surface area contributed by atoms with Gasteiger partial charge >= 0.3 is 0 Å². The third kappa shape index (κ3) is 4.12. The van der Waals surface area contributed by atoms with Crippen LogP contribution in [0.5, 0.6) is 0 Å². The van der Waals surface area contributed by atoms with E-state index in [0.29, 0.717) is 6.54 Å². The molecule has 1 N–H and O–H groups in total. The highest BCUT2D eigenvalue weighted by Gasteiger charge is 2.18. The van der Waals surface area contributed by atoms with Gasteiger partial charge in [-0.2, -0.15) is 0 Å². The SMILES string of the molecule is CNCCN(C)C(=O)c1sc(Cc2ccccc2)nc1C. The Kier molecular flexibility index (Phi) is 5.47. The standard InChI is InChI=1S/C16H21N3OS/c1-12-15(16(20)19(3)10-9-17-2)21-14(18-12)11-13-7-5-4-6-8-13/h4-8,17H,9-11H2,1-3H3. The van der Waals surface area contributed by atoms with E-state index in [2.05, 4.69) is 22.4 Å². The van der Waals surface area contributed by atoms with Crippen LogP contribution in [-0.4, -0.2) is 43.0 Å². The van der Waals surface area contributed by atoms with Crippen molar-refractivity contribution in [1.82, 2.24) is 15.2 Å². The molecule has 1 amide bonds. The highest BCUT2D eigenvalue weighted by Crippen LogP contribution is 2.22. The van der Waals surface area contributed by atoms with E-state index in [-0.39, 0.29) is 5.91 Å². The first kappa shape index (κ1) is 15.7. The lowest BCUT2D eigenvalue weighted by molar-refractivity contribution is 0.0800. The van der Waals surface area contributed by atoms with Crippen molar-refractivity contribution in [3.05, 3.63) is 51.5 Å². The second-order valence-electron chi connectivity index (χ2n) is 5.01. The molecule has 0 bridgehead atoms. The lowest BCUT2D eigenvalue weighted by Crippen LogP contribution is -2.32. The summed E-state index contributed by atoms with van der Waals surface area (Å²) < 4.78 is 0. The van der Waals surface area contributed by atoms with Gasteiger partial charge in [0, 0.05) is 26.6 Å². The number of likely N-dealkylation sites (N-methyl/N-ethyl adjacent to an activating group) is 2. The van der Waals surface area contributed by atoms with Crippen molar-refractivity contribution in [3.63, 3.8) is 0 Å². The smallest absolute Gasteiger partial charge is 0.265 e. The number of hydrogen-bond acceptors (Lipinski definition) is 4. The molecular weight excluding hydrogens is 282 g/mol. The summed E-state index contributed by atoms with van der Waals surface area (Å²) in [5, 5.41) is 4.04. The van der Waals surface area contributed by atoms with Gasteiger partial charge in [-0.25, -0.2) is 4.98 Å². The number of hydrogen-bond donors (Lipinski definition) is 1. The molecule has 1 aromatic heterocycles. The van der Waals surface area contributed by atoms with Crippen LogP contribution in [-0.2, 0) is 6.42 Å². The van der Waals surface area contributed by atoms with Crippen LogP contribution in [0.15, 0.2) is 30.3 Å². The van der Waals surface area contributed by atoms with Gasteiger partial charge in [-0.15, -0.1) is 11.3 Å². The quantitative estimate of drug-likeness (QED) is 0.891. The summed E-state index contributed by atoms with van der Waals surface area (Å²) in [7, 11) is 3.71. The maximum absolute atomic E-state index is 12.4. The Morgan fingerprint density at radius 2 is 2.05 bits per heavy atom. The molecule has 0 fully saturated rings. The zero-order chi connectivity index (χ0) is 15.2. The molecule has 112 valence electrons. The lowest BCUT2D eigenvalue weighted by Gasteiger charge is -2.15. The zero-order valence-electron chi connectivity index (χ0n) is 12.7. The number of aryl methyl sites for hydroxylation is 1. The normalized spacial score (nSPS) is 10.6. The number of nitrogens with zero attached hydrogens (tertiary/aromatic N) is 2.